The number of ether oxygens (including phenoxy) is 1. The predicted octanol–water partition coefficient (Wildman–Crippen LogP) is 1.13. The quantitative estimate of drug-likeness (QED) is 0.650. The van der Waals surface area contributed by atoms with Gasteiger partial charge in [0, 0.05) is 12.2 Å². The molecule has 21 heavy (non-hydrogen) atoms. The summed E-state index contributed by atoms with van der Waals surface area (Å²) in [6.07, 6.45) is 1.18. The van der Waals surface area contributed by atoms with Crippen LogP contribution in [0.25, 0.3) is 0 Å². The highest BCUT2D eigenvalue weighted by molar-refractivity contribution is 7.88. The SMILES string of the molecule is CCOC(=O)C1CCCN1S(=O)(=O)Cc1ccc(N)cc1. The molecule has 1 aliphatic rings. The lowest BCUT2D eigenvalue weighted by Crippen LogP contribution is -2.41. The Hall–Kier alpha value is -1.60. The number of nitrogen functional groups attached to an aromatic ring is 1. The number of carbonyl (C=O) groups is 1. The first-order valence-electron chi connectivity index (χ1n) is 6.94. The second-order valence-electron chi connectivity index (χ2n) is 5.02. The van der Waals surface area contributed by atoms with Gasteiger partial charge in [-0.1, -0.05) is 12.1 Å². The number of carbonyl (C=O) groups excluding carboxylic acids is 1. The van der Waals surface area contributed by atoms with E-state index < -0.39 is 22.0 Å². The van der Waals surface area contributed by atoms with Crippen molar-refractivity contribution in [1.29, 1.82) is 0 Å². The Kier molecular flexibility index (Phi) is 4.84. The molecule has 0 saturated carbocycles. The minimum atomic E-state index is -3.55. The molecular weight excluding hydrogens is 292 g/mol. The van der Waals surface area contributed by atoms with E-state index >= 15 is 0 Å². The maximum Gasteiger partial charge on any atom is 0.324 e. The third-order valence-electron chi connectivity index (χ3n) is 3.45. The molecule has 0 aromatic heterocycles. The van der Waals surface area contributed by atoms with Crippen molar-refractivity contribution in [3.05, 3.63) is 29.8 Å². The number of anilines is 1. The Bertz CT molecular complexity index is 598. The van der Waals surface area contributed by atoms with Crippen molar-refractivity contribution in [3.63, 3.8) is 0 Å². The van der Waals surface area contributed by atoms with Gasteiger partial charge in [0.05, 0.1) is 12.4 Å². The molecule has 0 amide bonds. The van der Waals surface area contributed by atoms with Gasteiger partial charge >= 0.3 is 5.97 Å². The molecule has 2 N–H and O–H groups in total. The summed E-state index contributed by atoms with van der Waals surface area (Å²) in [5, 5.41) is 0. The summed E-state index contributed by atoms with van der Waals surface area (Å²) in [5.41, 5.74) is 6.82. The first-order chi connectivity index (χ1) is 9.94. The third-order valence-corrected chi connectivity index (χ3v) is 5.30. The van der Waals surface area contributed by atoms with Crippen molar-refractivity contribution >= 4 is 21.7 Å². The highest BCUT2D eigenvalue weighted by atomic mass is 32.2. The molecule has 0 spiro atoms. The third kappa shape index (κ3) is 3.74. The first kappa shape index (κ1) is 15.8. The zero-order valence-electron chi connectivity index (χ0n) is 12.0. The maximum absolute atomic E-state index is 12.5. The van der Waals surface area contributed by atoms with E-state index in [4.69, 9.17) is 10.5 Å². The molecule has 1 atom stereocenters. The number of sulfonamides is 1. The van der Waals surface area contributed by atoms with E-state index in [1.54, 1.807) is 31.2 Å². The molecule has 1 unspecified atom stereocenters. The van der Waals surface area contributed by atoms with Crippen LogP contribution in [-0.4, -0.2) is 37.9 Å². The summed E-state index contributed by atoms with van der Waals surface area (Å²) in [7, 11) is -3.55. The monoisotopic (exact) mass is 312 g/mol. The van der Waals surface area contributed by atoms with Crippen LogP contribution in [0, 0.1) is 0 Å². The van der Waals surface area contributed by atoms with Crippen LogP contribution in [0.1, 0.15) is 25.3 Å². The Morgan fingerprint density at radius 3 is 2.67 bits per heavy atom. The highest BCUT2D eigenvalue weighted by Gasteiger charge is 2.39. The number of hydrogen-bond donors (Lipinski definition) is 1. The Morgan fingerprint density at radius 2 is 2.05 bits per heavy atom. The van der Waals surface area contributed by atoms with Gasteiger partial charge in [0.2, 0.25) is 10.0 Å². The zero-order valence-corrected chi connectivity index (χ0v) is 12.8. The zero-order chi connectivity index (χ0) is 15.5. The molecule has 1 aliphatic heterocycles. The summed E-state index contributed by atoms with van der Waals surface area (Å²) in [6.45, 7) is 2.32. The van der Waals surface area contributed by atoms with Crippen molar-refractivity contribution in [2.24, 2.45) is 0 Å². The molecule has 116 valence electrons. The number of hydrogen-bond acceptors (Lipinski definition) is 5. The average molecular weight is 312 g/mol. The summed E-state index contributed by atoms with van der Waals surface area (Å²) in [5.74, 6) is -0.598. The van der Waals surface area contributed by atoms with Gasteiger partial charge in [0.1, 0.15) is 6.04 Å². The topological polar surface area (TPSA) is 89.7 Å². The average Bonchev–Trinajstić information content (AvgIpc) is 2.92. The lowest BCUT2D eigenvalue weighted by molar-refractivity contribution is -0.146. The maximum atomic E-state index is 12.5. The lowest BCUT2D eigenvalue weighted by atomic mass is 10.2. The molecule has 1 heterocycles. The van der Waals surface area contributed by atoms with Gasteiger partial charge in [0.15, 0.2) is 0 Å². The molecule has 1 aromatic rings. The van der Waals surface area contributed by atoms with Gasteiger partial charge in [-0.3, -0.25) is 4.79 Å². The Morgan fingerprint density at radius 1 is 1.38 bits per heavy atom. The predicted molar refractivity (Wildman–Crippen MR) is 79.8 cm³/mol. The summed E-state index contributed by atoms with van der Waals surface area (Å²) in [6, 6.07) is 6.00. The van der Waals surface area contributed by atoms with Crippen LogP contribution >= 0.6 is 0 Å². The Labute approximate surface area is 124 Å². The largest absolute Gasteiger partial charge is 0.465 e. The Balaban J connectivity index is 2.14. The molecule has 1 aromatic carbocycles. The van der Waals surface area contributed by atoms with Crippen LogP contribution in [0.15, 0.2) is 24.3 Å². The van der Waals surface area contributed by atoms with Crippen molar-refractivity contribution in [2.45, 2.75) is 31.6 Å². The smallest absolute Gasteiger partial charge is 0.324 e. The van der Waals surface area contributed by atoms with E-state index in [0.29, 0.717) is 30.6 Å². The number of esters is 1. The fraction of sp³-hybridized carbons (Fsp3) is 0.500. The fourth-order valence-electron chi connectivity index (χ4n) is 2.45. The van der Waals surface area contributed by atoms with Crippen molar-refractivity contribution in [3.8, 4) is 0 Å². The summed E-state index contributed by atoms with van der Waals surface area (Å²) < 4.78 is 31.2. The van der Waals surface area contributed by atoms with Crippen LogP contribution in [-0.2, 0) is 25.3 Å². The second kappa shape index (κ2) is 6.44. The molecular formula is C14H20N2O4S. The first-order valence-corrected chi connectivity index (χ1v) is 8.55. The van der Waals surface area contributed by atoms with E-state index in [1.807, 2.05) is 0 Å². The van der Waals surface area contributed by atoms with E-state index in [1.165, 1.54) is 4.31 Å². The fourth-order valence-corrected chi connectivity index (χ4v) is 4.22. The van der Waals surface area contributed by atoms with Gasteiger partial charge in [-0.15, -0.1) is 0 Å². The lowest BCUT2D eigenvalue weighted by Gasteiger charge is -2.22. The highest BCUT2D eigenvalue weighted by Crippen LogP contribution is 2.24. The van der Waals surface area contributed by atoms with E-state index in [2.05, 4.69) is 0 Å². The number of nitrogens with two attached hydrogens (primary N) is 1. The van der Waals surface area contributed by atoms with Gasteiger partial charge in [0.25, 0.3) is 0 Å². The second-order valence-corrected chi connectivity index (χ2v) is 6.94. The number of rotatable bonds is 5. The summed E-state index contributed by atoms with van der Waals surface area (Å²) in [4.78, 5) is 11.9. The van der Waals surface area contributed by atoms with E-state index in [9.17, 15) is 13.2 Å². The van der Waals surface area contributed by atoms with Crippen LogP contribution in [0.4, 0.5) is 5.69 Å². The molecule has 0 radical (unpaired) electrons. The van der Waals surface area contributed by atoms with Gasteiger partial charge in [-0.25, -0.2) is 8.42 Å². The minimum Gasteiger partial charge on any atom is -0.465 e. The van der Waals surface area contributed by atoms with Crippen LogP contribution < -0.4 is 5.73 Å². The molecule has 6 nitrogen and oxygen atoms in total. The normalized spacial score (nSPS) is 19.6. The molecule has 2 rings (SSSR count). The molecule has 1 saturated heterocycles. The molecule has 7 heteroatoms. The van der Waals surface area contributed by atoms with Gasteiger partial charge < -0.3 is 10.5 Å². The number of benzene rings is 1. The van der Waals surface area contributed by atoms with Crippen LogP contribution in [0.2, 0.25) is 0 Å². The number of nitrogens with zero attached hydrogens (tertiary/aromatic N) is 1. The molecule has 0 bridgehead atoms. The van der Waals surface area contributed by atoms with Gasteiger partial charge in [-0.05, 0) is 37.5 Å². The minimum absolute atomic E-state index is 0.136. The van der Waals surface area contributed by atoms with Crippen LogP contribution in [0.3, 0.4) is 0 Å². The van der Waals surface area contributed by atoms with Crippen LogP contribution in [0.5, 0.6) is 0 Å². The standard InChI is InChI=1S/C14H20N2O4S/c1-2-20-14(17)13-4-3-9-16(13)21(18,19)10-11-5-7-12(15)8-6-11/h5-8,13H,2-4,9-10,15H2,1H3. The van der Waals surface area contributed by atoms with E-state index in [-0.39, 0.29) is 12.4 Å². The van der Waals surface area contributed by atoms with Gasteiger partial charge in [-0.2, -0.15) is 4.31 Å². The summed E-state index contributed by atoms with van der Waals surface area (Å²) >= 11 is 0. The molecule has 1 fully saturated rings. The van der Waals surface area contributed by atoms with E-state index in [0.717, 1.165) is 0 Å². The van der Waals surface area contributed by atoms with Crippen molar-refractivity contribution in [2.75, 3.05) is 18.9 Å². The van der Waals surface area contributed by atoms with Crippen molar-refractivity contribution < 1.29 is 17.9 Å². The van der Waals surface area contributed by atoms with Crippen molar-refractivity contribution in [1.82, 2.24) is 4.31 Å². The molecule has 0 aliphatic carbocycles.